The minimum absolute atomic E-state index is 0.0121. The third-order valence-electron chi connectivity index (χ3n) is 4.99. The molecule has 1 saturated heterocycles. The van der Waals surface area contributed by atoms with E-state index in [1.165, 1.54) is 12.1 Å². The normalized spacial score (nSPS) is 18.8. The van der Waals surface area contributed by atoms with E-state index in [2.05, 4.69) is 16.6 Å². The molecule has 0 aliphatic carbocycles. The van der Waals surface area contributed by atoms with E-state index in [9.17, 15) is 31.6 Å². The smallest absolute Gasteiger partial charge is 0.264 e. The van der Waals surface area contributed by atoms with E-state index in [0.29, 0.717) is 18.2 Å². The highest BCUT2D eigenvalue weighted by Gasteiger charge is 2.44. The van der Waals surface area contributed by atoms with Crippen LogP contribution in [0.15, 0.2) is 53.6 Å². The average molecular weight is 447 g/mol. The maximum absolute atomic E-state index is 13.9. The lowest BCUT2D eigenvalue weighted by molar-refractivity contribution is -0.125. The molecule has 0 bridgehead atoms. The van der Waals surface area contributed by atoms with Crippen LogP contribution in [0.5, 0.6) is 0 Å². The number of amides is 3. The Morgan fingerprint density at radius 1 is 1.03 bits per heavy atom. The minimum atomic E-state index is -4.43. The average Bonchev–Trinajstić information content (AvgIpc) is 2.92. The lowest BCUT2D eigenvalue weighted by Crippen LogP contribution is -2.51. The van der Waals surface area contributed by atoms with Crippen LogP contribution in [-0.4, -0.2) is 37.1 Å². The van der Waals surface area contributed by atoms with Crippen LogP contribution >= 0.6 is 0 Å². The molecule has 2 N–H and O–H groups in total. The number of hydrogen-bond acceptors (Lipinski definition) is 5. The summed E-state index contributed by atoms with van der Waals surface area (Å²) in [6, 6.07) is 4.60. The van der Waals surface area contributed by atoms with Crippen LogP contribution < -0.4 is 10.0 Å². The van der Waals surface area contributed by atoms with Crippen LogP contribution in [0.25, 0.3) is 0 Å². The molecule has 1 unspecified atom stereocenters. The fourth-order valence-corrected chi connectivity index (χ4v) is 4.63. The Morgan fingerprint density at radius 2 is 1.74 bits per heavy atom. The fourth-order valence-electron chi connectivity index (χ4n) is 3.52. The molecule has 0 aromatic heterocycles. The number of halogens is 2. The van der Waals surface area contributed by atoms with Gasteiger partial charge in [0.15, 0.2) is 0 Å². The van der Waals surface area contributed by atoms with E-state index in [-0.39, 0.29) is 23.2 Å². The summed E-state index contributed by atoms with van der Waals surface area (Å²) in [6.45, 7) is 3.65. The van der Waals surface area contributed by atoms with Gasteiger partial charge in [0.25, 0.3) is 21.8 Å². The van der Waals surface area contributed by atoms with Crippen LogP contribution in [0.4, 0.5) is 14.5 Å². The number of piperidine rings is 1. The summed E-state index contributed by atoms with van der Waals surface area (Å²) in [7, 11) is -4.43. The molecular formula is C20H15F2N3O5S. The van der Waals surface area contributed by atoms with Crippen molar-refractivity contribution in [3.8, 4) is 0 Å². The van der Waals surface area contributed by atoms with E-state index in [4.69, 9.17) is 0 Å². The Labute approximate surface area is 175 Å². The molecule has 0 spiro atoms. The van der Waals surface area contributed by atoms with E-state index >= 15 is 0 Å². The van der Waals surface area contributed by atoms with Crippen molar-refractivity contribution in [2.24, 2.45) is 0 Å². The molecule has 0 saturated carbocycles. The number of hydrogen-bond donors (Lipinski definition) is 2. The second-order valence-corrected chi connectivity index (χ2v) is 8.72. The number of sulfonamides is 1. The number of anilines is 1. The maximum atomic E-state index is 13.9. The van der Waals surface area contributed by atoms with Gasteiger partial charge < -0.3 is 5.32 Å². The van der Waals surface area contributed by atoms with Crippen LogP contribution in [0.2, 0.25) is 0 Å². The Bertz CT molecular complexity index is 1280. The van der Waals surface area contributed by atoms with Crippen LogP contribution in [0.3, 0.4) is 0 Å². The van der Waals surface area contributed by atoms with Crippen molar-refractivity contribution < 1.29 is 31.6 Å². The van der Waals surface area contributed by atoms with Gasteiger partial charge in [0.2, 0.25) is 5.91 Å². The molecule has 11 heteroatoms. The van der Waals surface area contributed by atoms with Crippen LogP contribution in [0, 0.1) is 11.6 Å². The van der Waals surface area contributed by atoms with E-state index < -0.39 is 50.3 Å². The predicted molar refractivity (Wildman–Crippen MR) is 104 cm³/mol. The van der Waals surface area contributed by atoms with Gasteiger partial charge in [-0.25, -0.2) is 17.2 Å². The molecule has 2 aromatic rings. The number of nitrogens with zero attached hydrogens (tertiary/aromatic N) is 1. The Balaban J connectivity index is 1.63. The molecule has 4 rings (SSSR count). The van der Waals surface area contributed by atoms with Gasteiger partial charge >= 0.3 is 0 Å². The molecule has 0 radical (unpaired) electrons. The van der Waals surface area contributed by atoms with Crippen molar-refractivity contribution in [2.45, 2.75) is 23.8 Å². The zero-order valence-corrected chi connectivity index (χ0v) is 16.6. The van der Waals surface area contributed by atoms with Gasteiger partial charge in [0.1, 0.15) is 22.6 Å². The zero-order chi connectivity index (χ0) is 22.5. The maximum Gasteiger partial charge on any atom is 0.264 e. The molecule has 1 fully saturated rings. The highest BCUT2D eigenvalue weighted by atomic mass is 32.2. The number of rotatable bonds is 4. The molecule has 8 nitrogen and oxygen atoms in total. The number of carbonyl (C=O) groups excluding carboxylic acids is 3. The van der Waals surface area contributed by atoms with Gasteiger partial charge in [0, 0.05) is 17.5 Å². The molecule has 1 atom stereocenters. The summed E-state index contributed by atoms with van der Waals surface area (Å²) in [6.07, 6.45) is 0.623. The number of benzene rings is 2. The summed E-state index contributed by atoms with van der Waals surface area (Å²) in [5.41, 5.74) is 0.301. The Hall–Kier alpha value is -3.60. The van der Waals surface area contributed by atoms with Crippen molar-refractivity contribution in [1.29, 1.82) is 0 Å². The van der Waals surface area contributed by atoms with Gasteiger partial charge in [0.05, 0.1) is 11.1 Å². The molecule has 2 aliphatic rings. The van der Waals surface area contributed by atoms with E-state index in [0.717, 1.165) is 23.1 Å². The first-order valence-electron chi connectivity index (χ1n) is 9.07. The Kier molecular flexibility index (Phi) is 4.85. The molecule has 31 heavy (non-hydrogen) atoms. The van der Waals surface area contributed by atoms with Gasteiger partial charge in [-0.2, -0.15) is 0 Å². The lowest BCUT2D eigenvalue weighted by atomic mass is 10.0. The molecule has 2 heterocycles. The number of fused-ring (bicyclic) bond motifs is 1. The predicted octanol–water partition coefficient (Wildman–Crippen LogP) is 2.15. The summed E-state index contributed by atoms with van der Waals surface area (Å²) in [5, 5.41) is 2.51. The van der Waals surface area contributed by atoms with Crippen molar-refractivity contribution in [3.63, 3.8) is 0 Å². The third kappa shape index (κ3) is 3.56. The monoisotopic (exact) mass is 447 g/mol. The zero-order valence-electron chi connectivity index (χ0n) is 15.8. The van der Waals surface area contributed by atoms with E-state index in [1.807, 2.05) is 0 Å². The van der Waals surface area contributed by atoms with Gasteiger partial charge in [-0.1, -0.05) is 6.58 Å². The molecule has 2 aliphatic heterocycles. The van der Waals surface area contributed by atoms with Crippen molar-refractivity contribution in [1.82, 2.24) is 10.2 Å². The first-order chi connectivity index (χ1) is 14.6. The summed E-state index contributed by atoms with van der Waals surface area (Å²) < 4.78 is 54.0. The lowest BCUT2D eigenvalue weighted by Gasteiger charge is -2.29. The topological polar surface area (TPSA) is 113 Å². The minimum Gasteiger partial charge on any atom is -0.329 e. The second kappa shape index (κ2) is 7.27. The fraction of sp³-hybridized carbons (Fsp3) is 0.150. The number of nitrogens with one attached hydrogen (secondary N) is 2. The Morgan fingerprint density at radius 3 is 2.42 bits per heavy atom. The number of imide groups is 1. The van der Waals surface area contributed by atoms with Crippen molar-refractivity contribution in [3.05, 3.63) is 71.4 Å². The molecule has 160 valence electrons. The largest absolute Gasteiger partial charge is 0.329 e. The summed E-state index contributed by atoms with van der Waals surface area (Å²) in [5.74, 6) is -4.17. The summed E-state index contributed by atoms with van der Waals surface area (Å²) in [4.78, 5) is 37.8. The quantitative estimate of drug-likeness (QED) is 0.698. The molecule has 2 aromatic carbocycles. The van der Waals surface area contributed by atoms with E-state index in [1.54, 1.807) is 0 Å². The van der Waals surface area contributed by atoms with Crippen LogP contribution in [-0.2, 0) is 14.8 Å². The highest BCUT2D eigenvalue weighted by molar-refractivity contribution is 7.92. The molecule has 3 amide bonds. The van der Waals surface area contributed by atoms with Crippen molar-refractivity contribution in [2.75, 3.05) is 4.72 Å². The molecular weight excluding hydrogens is 432 g/mol. The number of allylic oxidation sites excluding steroid dienone is 1. The SMILES string of the molecule is C=C1CCC(N2C(=O)c3ccc(NS(=O)(=O)c4ccc(F)cc4F)cc3C2=O)C(=O)N1. The highest BCUT2D eigenvalue weighted by Crippen LogP contribution is 2.31. The standard InChI is InChI=1S/C20H15F2N3O5S/c1-10-2-6-16(18(26)23-10)25-19(27)13-5-4-12(9-14(13)20(25)28)24-31(29,30)17-7-3-11(21)8-15(17)22/h3-5,7-9,16,24H,1-2,6H2,(H,23,26). The summed E-state index contributed by atoms with van der Waals surface area (Å²) >= 11 is 0. The first-order valence-corrected chi connectivity index (χ1v) is 10.6. The first kappa shape index (κ1) is 20.7. The van der Waals surface area contributed by atoms with Crippen LogP contribution in [0.1, 0.15) is 33.6 Å². The van der Waals surface area contributed by atoms with Gasteiger partial charge in [-0.05, 0) is 43.2 Å². The van der Waals surface area contributed by atoms with Gasteiger partial charge in [-0.15, -0.1) is 0 Å². The van der Waals surface area contributed by atoms with Gasteiger partial charge in [-0.3, -0.25) is 24.0 Å². The number of carbonyl (C=O) groups is 3. The second-order valence-electron chi connectivity index (χ2n) is 7.07. The third-order valence-corrected chi connectivity index (χ3v) is 6.40. The van der Waals surface area contributed by atoms with Crippen molar-refractivity contribution >= 4 is 33.4 Å².